The van der Waals surface area contributed by atoms with Crippen LogP contribution in [0.15, 0.2) is 29.2 Å². The van der Waals surface area contributed by atoms with Crippen LogP contribution in [-0.4, -0.2) is 214 Å². The summed E-state index contributed by atoms with van der Waals surface area (Å²) >= 11 is 0. The highest BCUT2D eigenvalue weighted by Gasteiger charge is 2.55. The summed E-state index contributed by atoms with van der Waals surface area (Å²) in [6, 6.07) is 5.05. The Morgan fingerprint density at radius 1 is 0.901 bits per heavy atom. The monoisotopic (exact) mass is 1170 g/mol. The summed E-state index contributed by atoms with van der Waals surface area (Å²) in [5.74, 6) is -6.76. The summed E-state index contributed by atoms with van der Waals surface area (Å²) in [4.78, 5) is 56.1. The van der Waals surface area contributed by atoms with Gasteiger partial charge in [-0.1, -0.05) is 33.8 Å². The lowest BCUT2D eigenvalue weighted by molar-refractivity contribution is -0.317. The number of fused-ring (bicyclic) bond motifs is 1. The molecule has 0 amide bonds. The highest BCUT2D eigenvalue weighted by Crippen LogP contribution is 2.42. The molecule has 5 N–H and O–H groups in total. The van der Waals surface area contributed by atoms with Crippen molar-refractivity contribution in [1.29, 1.82) is 0 Å². The molecule has 6 rings (SSSR count). The maximum absolute atomic E-state index is 14.6. The van der Waals surface area contributed by atoms with Crippen LogP contribution in [0.25, 0.3) is 10.9 Å². The fourth-order valence-electron chi connectivity index (χ4n) is 12.4. The number of hydrogen-bond acceptors (Lipinski definition) is 21. The molecule has 0 saturated carbocycles. The van der Waals surface area contributed by atoms with Crippen molar-refractivity contribution in [2.45, 2.75) is 192 Å². The van der Waals surface area contributed by atoms with Gasteiger partial charge >= 0.3 is 11.9 Å². The first kappa shape index (κ1) is 66.4. The molecule has 1 aromatic carbocycles. The molecule has 4 aliphatic heterocycles. The number of methoxy groups -OCH3 is 2. The number of ketones is 1. The number of Topliss-reactive ketones (excluding diaryl/α,β-unsaturated/α-hetero) is 1. The largest absolute Gasteiger partial charge is 0.477 e. The van der Waals surface area contributed by atoms with Gasteiger partial charge in [0.2, 0.25) is 5.43 Å². The molecular formula is C57H92N4O19S. The van der Waals surface area contributed by atoms with E-state index in [1.165, 1.54) is 34.3 Å². The van der Waals surface area contributed by atoms with E-state index in [2.05, 4.69) is 5.32 Å². The van der Waals surface area contributed by atoms with Crippen molar-refractivity contribution in [1.82, 2.24) is 14.9 Å². The molecule has 24 heteroatoms. The Kier molecular flexibility index (Phi) is 22.6. The van der Waals surface area contributed by atoms with Crippen LogP contribution in [0.5, 0.6) is 0 Å². The number of hydrogen-bond donors (Lipinski definition) is 5. The zero-order valence-corrected chi connectivity index (χ0v) is 50.6. The number of pyridine rings is 1. The Morgan fingerprint density at radius 3 is 2.17 bits per heavy atom. The van der Waals surface area contributed by atoms with E-state index in [0.717, 1.165) is 5.56 Å². The smallest absolute Gasteiger partial charge is 0.341 e. The highest BCUT2D eigenvalue weighted by atomic mass is 32.2. The van der Waals surface area contributed by atoms with Gasteiger partial charge in [-0.05, 0) is 112 Å². The second-order valence-corrected chi connectivity index (χ2v) is 25.5. The predicted molar refractivity (Wildman–Crippen MR) is 299 cm³/mol. The number of aromatic nitrogens is 1. The van der Waals surface area contributed by atoms with Crippen molar-refractivity contribution in [3.63, 3.8) is 0 Å². The van der Waals surface area contributed by atoms with Crippen molar-refractivity contribution in [2.24, 2.45) is 23.7 Å². The number of nitrogens with zero attached hydrogens (tertiary/aromatic N) is 3. The number of ether oxygens (including phenoxy) is 8. The molecule has 460 valence electrons. The number of carbonyl (C=O) groups is 3. The number of carboxylic acid groups (broad SMARTS) is 1. The van der Waals surface area contributed by atoms with E-state index in [0.29, 0.717) is 57.6 Å². The number of benzene rings is 1. The Bertz CT molecular complexity index is 2630. The van der Waals surface area contributed by atoms with Crippen LogP contribution in [0.2, 0.25) is 0 Å². The second-order valence-electron chi connectivity index (χ2n) is 23.8. The van der Waals surface area contributed by atoms with Crippen molar-refractivity contribution >= 4 is 38.7 Å². The molecular weight excluding hydrogens is 1080 g/mol. The SMILES string of the molecule is CC[C@H]1OC(=O)[C@H](C)[C@@H](O[C@H]2C[C@@](C)(OC)[C@@H](OS(=O)(=O)CCNCCCc3ccc4c(c3)c(=O)c(C(=O)O)cn4N3CCOCC3)[C@H](C)O2)[C@H](C)[C@@H](O[C@@H]2O[C@H](C)C[C@H](N(C)C)[C@H]2O)[C@](C)(OC)C[C@@H](C)C(=O)[C@H](C)[C@@H](O)[C@]1(C)O. The number of aliphatic hydroxyl groups excluding tert-OH is 2. The first-order chi connectivity index (χ1) is 37.9. The predicted octanol–water partition coefficient (Wildman–Crippen LogP) is 3.00. The number of carbonyl (C=O) groups excluding carboxylic acids is 2. The molecule has 4 saturated heterocycles. The molecule has 4 fully saturated rings. The number of likely N-dealkylation sites (N-methyl/N-ethyl adjacent to an activating group) is 1. The van der Waals surface area contributed by atoms with Crippen molar-refractivity contribution < 1.29 is 85.3 Å². The summed E-state index contributed by atoms with van der Waals surface area (Å²) in [5.41, 5.74) is -4.28. The standard InChI is InChI=1S/C57H92N4O19S/c1-15-43-57(10,69)49(65)34(4)45(62)32(2)29-55(8,72-13)50(79-54-47(64)42(59(11)12)27-33(3)75-54)35(5)48(36(6)53(68)77-43)78-44-30-56(9,73-14)51(37(7)76-44)80-81(70,71)26-21-58-20-16-17-38-18-19-41-39(28-38)46(63)40(52(66)67)31-61(41)60-22-24-74-25-23-60/h18-19,28,31-37,42-44,47-51,54,58,64-65,69H,15-17,20-27,29-30H2,1-14H3,(H,66,67)/t32-,33-,34+,35+,36-,37+,42+,43-,44+,47-,48+,49-,50-,51+,54+,55-,56-,57-/m1/s1. The molecule has 0 bridgehead atoms. The van der Waals surface area contributed by atoms with Crippen molar-refractivity contribution in [3.8, 4) is 0 Å². The summed E-state index contributed by atoms with van der Waals surface area (Å²) in [7, 11) is 2.37. The van der Waals surface area contributed by atoms with E-state index in [9.17, 15) is 48.0 Å². The molecule has 2 aromatic rings. The Hall–Kier alpha value is -3.73. The Balaban J connectivity index is 1.19. The second kappa shape index (κ2) is 27.5. The van der Waals surface area contributed by atoms with Crippen molar-refractivity contribution in [3.05, 3.63) is 45.7 Å². The van der Waals surface area contributed by atoms with E-state index in [1.807, 2.05) is 37.0 Å². The topological polar surface area (TPSA) is 290 Å². The van der Waals surface area contributed by atoms with E-state index in [-0.39, 0.29) is 54.7 Å². The lowest BCUT2D eigenvalue weighted by atomic mass is 9.74. The fraction of sp³-hybridized carbons (Fsp3) is 0.789. The van der Waals surface area contributed by atoms with Gasteiger partial charge in [-0.3, -0.25) is 23.2 Å². The molecule has 23 nitrogen and oxygen atoms in total. The normalized spacial score (nSPS) is 37.1. The number of aryl methyl sites for hydroxylation is 1. The Labute approximate surface area is 477 Å². The molecule has 4 aliphatic rings. The average molecular weight is 1170 g/mol. The number of nitrogens with one attached hydrogen (secondary N) is 1. The molecule has 5 heterocycles. The zero-order valence-electron chi connectivity index (χ0n) is 49.8. The summed E-state index contributed by atoms with van der Waals surface area (Å²) in [6.45, 7) is 19.0. The number of morpholine rings is 1. The van der Waals surface area contributed by atoms with E-state index in [4.69, 9.17) is 42.1 Å². The summed E-state index contributed by atoms with van der Waals surface area (Å²) < 4.78 is 85.6. The van der Waals surface area contributed by atoms with Crippen LogP contribution in [-0.2, 0) is 68.2 Å². The first-order valence-corrected chi connectivity index (χ1v) is 30.1. The minimum absolute atomic E-state index is 0.0284. The maximum Gasteiger partial charge on any atom is 0.341 e. The quantitative estimate of drug-likeness (QED) is 0.0768. The molecule has 0 aliphatic carbocycles. The van der Waals surface area contributed by atoms with Gasteiger partial charge < -0.3 is 73.5 Å². The van der Waals surface area contributed by atoms with Gasteiger partial charge in [0.25, 0.3) is 10.1 Å². The summed E-state index contributed by atoms with van der Waals surface area (Å²) in [6.07, 6.45) is -8.16. The lowest BCUT2D eigenvalue weighted by Crippen LogP contribution is -2.62. The highest BCUT2D eigenvalue weighted by molar-refractivity contribution is 7.86. The van der Waals surface area contributed by atoms with Gasteiger partial charge in [0.1, 0.15) is 35.3 Å². The van der Waals surface area contributed by atoms with Crippen LogP contribution in [0.4, 0.5) is 0 Å². The molecule has 18 atom stereocenters. The van der Waals surface area contributed by atoms with E-state index >= 15 is 0 Å². The van der Waals surface area contributed by atoms with Gasteiger partial charge in [-0.25, -0.2) is 4.79 Å². The Morgan fingerprint density at radius 2 is 1.56 bits per heavy atom. The first-order valence-electron chi connectivity index (χ1n) is 28.5. The number of aliphatic hydroxyl groups is 3. The number of cyclic esters (lactones) is 1. The van der Waals surface area contributed by atoms with Gasteiger partial charge in [0.15, 0.2) is 12.6 Å². The van der Waals surface area contributed by atoms with E-state index in [1.54, 1.807) is 65.3 Å². The number of esters is 1. The van der Waals surface area contributed by atoms with Crippen LogP contribution in [0.1, 0.15) is 117 Å². The van der Waals surface area contributed by atoms with Crippen molar-refractivity contribution in [2.75, 3.05) is 78.5 Å². The van der Waals surface area contributed by atoms with Gasteiger partial charge in [0, 0.05) is 62.6 Å². The van der Waals surface area contributed by atoms with Gasteiger partial charge in [0.05, 0.1) is 85.2 Å². The minimum Gasteiger partial charge on any atom is -0.477 e. The van der Waals surface area contributed by atoms with Gasteiger partial charge in [-0.15, -0.1) is 0 Å². The fourth-order valence-corrected chi connectivity index (χ4v) is 13.5. The zero-order chi connectivity index (χ0) is 60.1. The number of carboxylic acids is 1. The number of aromatic carboxylic acids is 1. The van der Waals surface area contributed by atoms with Crippen LogP contribution < -0.4 is 15.8 Å². The third-order valence-corrected chi connectivity index (χ3v) is 18.6. The van der Waals surface area contributed by atoms with Crippen LogP contribution in [0, 0.1) is 23.7 Å². The number of rotatable bonds is 19. The molecule has 0 spiro atoms. The third kappa shape index (κ3) is 15.2. The molecule has 0 unspecified atom stereocenters. The average Bonchev–Trinajstić information content (AvgIpc) is 3.56. The molecule has 81 heavy (non-hydrogen) atoms. The maximum atomic E-state index is 14.6. The third-order valence-electron chi connectivity index (χ3n) is 17.4. The van der Waals surface area contributed by atoms with Crippen LogP contribution in [0.3, 0.4) is 0 Å². The van der Waals surface area contributed by atoms with Gasteiger partial charge in [-0.2, -0.15) is 8.42 Å². The van der Waals surface area contributed by atoms with Crippen LogP contribution >= 0.6 is 0 Å². The minimum atomic E-state index is -4.22. The molecule has 0 radical (unpaired) electrons. The lowest BCUT2D eigenvalue weighted by Gasteiger charge is -2.50. The van der Waals surface area contributed by atoms with E-state index < -0.39 is 129 Å². The summed E-state index contributed by atoms with van der Waals surface area (Å²) in [5, 5.41) is 50.5. The molecule has 1 aromatic heterocycles.